The van der Waals surface area contributed by atoms with Gasteiger partial charge in [-0.1, -0.05) is 12.1 Å². The average molecular weight is 258 g/mol. The maximum absolute atomic E-state index is 12.4. The lowest BCUT2D eigenvalue weighted by atomic mass is 10.1. The van der Waals surface area contributed by atoms with Crippen LogP contribution in [0.5, 0.6) is 5.75 Å². The Kier molecular flexibility index (Phi) is 4.00. The third-order valence-electron chi connectivity index (χ3n) is 2.73. The third-order valence-corrected chi connectivity index (χ3v) is 2.73. The second-order valence-corrected chi connectivity index (χ2v) is 4.56. The van der Waals surface area contributed by atoms with Gasteiger partial charge in [-0.25, -0.2) is 4.98 Å². The number of hydrogen-bond donors (Lipinski definition) is 0. The van der Waals surface area contributed by atoms with Gasteiger partial charge in [0, 0.05) is 24.5 Å². The second-order valence-electron chi connectivity index (χ2n) is 4.56. The highest BCUT2D eigenvalue weighted by atomic mass is 16.5. The molecule has 0 atom stereocenters. The first kappa shape index (κ1) is 13.3. The number of ketones is 1. The maximum atomic E-state index is 12.4. The van der Waals surface area contributed by atoms with E-state index < -0.39 is 0 Å². The Morgan fingerprint density at radius 3 is 2.89 bits per heavy atom. The molecule has 1 aromatic heterocycles. The van der Waals surface area contributed by atoms with E-state index in [9.17, 15) is 4.79 Å². The highest BCUT2D eigenvalue weighted by Crippen LogP contribution is 2.17. The molecule has 1 aromatic carbocycles. The van der Waals surface area contributed by atoms with Crippen molar-refractivity contribution in [2.24, 2.45) is 0 Å². The first-order valence-corrected chi connectivity index (χ1v) is 6.44. The van der Waals surface area contributed by atoms with Crippen molar-refractivity contribution in [3.63, 3.8) is 0 Å². The van der Waals surface area contributed by atoms with Gasteiger partial charge in [-0.15, -0.1) is 0 Å². The van der Waals surface area contributed by atoms with Crippen molar-refractivity contribution in [3.05, 3.63) is 48.0 Å². The van der Waals surface area contributed by atoms with Crippen LogP contribution in [-0.2, 0) is 6.54 Å². The number of rotatable bonds is 5. The summed E-state index contributed by atoms with van der Waals surface area (Å²) in [7, 11) is 0. The maximum Gasteiger partial charge on any atom is 0.228 e. The molecule has 2 aromatic rings. The van der Waals surface area contributed by atoms with E-state index in [0.717, 1.165) is 6.54 Å². The molecule has 100 valence electrons. The lowest BCUT2D eigenvalue weighted by Gasteiger charge is -2.10. The zero-order valence-electron chi connectivity index (χ0n) is 11.5. The Labute approximate surface area is 113 Å². The number of carbonyl (C=O) groups excluding carboxylic acids is 1. The molecule has 0 aliphatic carbocycles. The quantitative estimate of drug-likeness (QED) is 0.774. The van der Waals surface area contributed by atoms with E-state index in [0.29, 0.717) is 17.1 Å². The molecule has 1 heterocycles. The van der Waals surface area contributed by atoms with Gasteiger partial charge >= 0.3 is 0 Å². The number of nitrogens with zero attached hydrogens (tertiary/aromatic N) is 2. The van der Waals surface area contributed by atoms with Gasteiger partial charge in [0.25, 0.3) is 0 Å². The van der Waals surface area contributed by atoms with E-state index in [1.54, 1.807) is 18.3 Å². The normalized spacial score (nSPS) is 10.7. The molecule has 0 radical (unpaired) electrons. The number of benzene rings is 1. The van der Waals surface area contributed by atoms with Crippen LogP contribution < -0.4 is 4.74 Å². The fraction of sp³-hybridized carbons (Fsp3) is 0.333. The lowest BCUT2D eigenvalue weighted by Crippen LogP contribution is -2.11. The molecule has 4 nitrogen and oxygen atoms in total. The molecular weight excluding hydrogens is 240 g/mol. The molecule has 19 heavy (non-hydrogen) atoms. The van der Waals surface area contributed by atoms with Gasteiger partial charge in [-0.2, -0.15) is 0 Å². The van der Waals surface area contributed by atoms with Crippen LogP contribution in [0.15, 0.2) is 36.7 Å². The summed E-state index contributed by atoms with van der Waals surface area (Å²) in [6.45, 7) is 6.62. The molecule has 2 rings (SSSR count). The molecular formula is C15H18N2O2. The van der Waals surface area contributed by atoms with Gasteiger partial charge in [-0.05, 0) is 32.9 Å². The molecule has 4 heteroatoms. The molecule has 0 saturated carbocycles. The third kappa shape index (κ3) is 3.02. The van der Waals surface area contributed by atoms with Gasteiger partial charge in [-0.3, -0.25) is 4.79 Å². The molecule has 0 fully saturated rings. The van der Waals surface area contributed by atoms with Gasteiger partial charge in [0.1, 0.15) is 5.75 Å². The lowest BCUT2D eigenvalue weighted by molar-refractivity contribution is 0.102. The second kappa shape index (κ2) is 5.69. The summed E-state index contributed by atoms with van der Waals surface area (Å²) in [5, 5.41) is 0. The standard InChI is InChI=1S/C15H18N2O2/c1-4-17-9-8-16-15(17)14(18)12-6-5-7-13(10-12)19-11(2)3/h5-11H,4H2,1-3H3. The largest absolute Gasteiger partial charge is 0.491 e. The molecule has 0 bridgehead atoms. The Morgan fingerprint density at radius 1 is 1.42 bits per heavy atom. The number of aryl methyl sites for hydroxylation is 1. The highest BCUT2D eigenvalue weighted by molar-refractivity contribution is 6.06. The number of hydrogen-bond acceptors (Lipinski definition) is 3. The van der Waals surface area contributed by atoms with Crippen LogP contribution in [0, 0.1) is 0 Å². The van der Waals surface area contributed by atoms with E-state index >= 15 is 0 Å². The predicted molar refractivity (Wildman–Crippen MR) is 73.5 cm³/mol. The van der Waals surface area contributed by atoms with Crippen molar-refractivity contribution in [2.75, 3.05) is 0 Å². The van der Waals surface area contributed by atoms with Crippen LogP contribution >= 0.6 is 0 Å². The van der Waals surface area contributed by atoms with Crippen molar-refractivity contribution < 1.29 is 9.53 Å². The minimum atomic E-state index is -0.0824. The predicted octanol–water partition coefficient (Wildman–Crippen LogP) is 2.92. The van der Waals surface area contributed by atoms with Crippen LogP contribution in [0.1, 0.15) is 37.0 Å². The zero-order valence-corrected chi connectivity index (χ0v) is 11.5. The SMILES string of the molecule is CCn1ccnc1C(=O)c1cccc(OC(C)C)c1. The zero-order chi connectivity index (χ0) is 13.8. The van der Waals surface area contributed by atoms with E-state index in [4.69, 9.17) is 4.74 Å². The Hall–Kier alpha value is -2.10. The van der Waals surface area contributed by atoms with Gasteiger partial charge < -0.3 is 9.30 Å². The molecule has 0 unspecified atom stereocenters. The van der Waals surface area contributed by atoms with Gasteiger partial charge in [0.05, 0.1) is 6.10 Å². The van der Waals surface area contributed by atoms with Crippen LogP contribution in [-0.4, -0.2) is 21.4 Å². The van der Waals surface area contributed by atoms with Crippen LogP contribution in [0.25, 0.3) is 0 Å². The van der Waals surface area contributed by atoms with Crippen LogP contribution in [0.2, 0.25) is 0 Å². The van der Waals surface area contributed by atoms with Crippen molar-refractivity contribution in [2.45, 2.75) is 33.4 Å². The smallest absolute Gasteiger partial charge is 0.228 e. The van der Waals surface area contributed by atoms with Crippen molar-refractivity contribution >= 4 is 5.78 Å². The summed E-state index contributed by atoms with van der Waals surface area (Å²) in [5.41, 5.74) is 0.596. The summed E-state index contributed by atoms with van der Waals surface area (Å²) in [4.78, 5) is 16.5. The molecule has 0 spiro atoms. The fourth-order valence-corrected chi connectivity index (χ4v) is 1.89. The van der Waals surface area contributed by atoms with E-state index in [2.05, 4.69) is 4.98 Å². The topological polar surface area (TPSA) is 44.1 Å². The number of ether oxygens (including phenoxy) is 1. The monoisotopic (exact) mass is 258 g/mol. The summed E-state index contributed by atoms with van der Waals surface area (Å²) < 4.78 is 7.43. The number of imidazole rings is 1. The first-order chi connectivity index (χ1) is 9.11. The first-order valence-electron chi connectivity index (χ1n) is 6.44. The van der Waals surface area contributed by atoms with E-state index in [1.807, 2.05) is 43.7 Å². The average Bonchev–Trinajstić information content (AvgIpc) is 2.85. The number of carbonyl (C=O) groups is 1. The van der Waals surface area contributed by atoms with E-state index in [-0.39, 0.29) is 11.9 Å². The Balaban J connectivity index is 2.29. The summed E-state index contributed by atoms with van der Waals surface area (Å²) in [6.07, 6.45) is 3.54. The Morgan fingerprint density at radius 2 is 2.21 bits per heavy atom. The molecule has 0 aliphatic rings. The van der Waals surface area contributed by atoms with Crippen molar-refractivity contribution in [1.29, 1.82) is 0 Å². The molecule has 0 amide bonds. The minimum Gasteiger partial charge on any atom is -0.491 e. The number of aromatic nitrogens is 2. The van der Waals surface area contributed by atoms with Crippen LogP contribution in [0.3, 0.4) is 0 Å². The summed E-state index contributed by atoms with van der Waals surface area (Å²) in [5.74, 6) is 1.08. The summed E-state index contributed by atoms with van der Waals surface area (Å²) >= 11 is 0. The molecule has 0 aliphatic heterocycles. The minimum absolute atomic E-state index is 0.0824. The highest BCUT2D eigenvalue weighted by Gasteiger charge is 2.15. The Bertz CT molecular complexity index is 573. The van der Waals surface area contributed by atoms with Crippen molar-refractivity contribution in [1.82, 2.24) is 9.55 Å². The molecule has 0 saturated heterocycles. The fourth-order valence-electron chi connectivity index (χ4n) is 1.89. The van der Waals surface area contributed by atoms with Gasteiger partial charge in [0.15, 0.2) is 5.82 Å². The van der Waals surface area contributed by atoms with E-state index in [1.165, 1.54) is 0 Å². The van der Waals surface area contributed by atoms with Gasteiger partial charge in [0.2, 0.25) is 5.78 Å². The van der Waals surface area contributed by atoms with Crippen molar-refractivity contribution in [3.8, 4) is 5.75 Å². The summed E-state index contributed by atoms with van der Waals surface area (Å²) in [6, 6.07) is 7.22. The van der Waals surface area contributed by atoms with Crippen LogP contribution in [0.4, 0.5) is 0 Å². The molecule has 0 N–H and O–H groups in total.